The van der Waals surface area contributed by atoms with Gasteiger partial charge < -0.3 is 0 Å². The third-order valence-electron chi connectivity index (χ3n) is 1.19. The van der Waals surface area contributed by atoms with Crippen molar-refractivity contribution in [1.82, 2.24) is 9.97 Å². The Hall–Kier alpha value is 0.1000. The van der Waals surface area contributed by atoms with Gasteiger partial charge in [0.1, 0.15) is 10.8 Å². The number of hydrogen-bond donors (Lipinski definition) is 0. The molecule has 0 aliphatic rings. The Bertz CT molecular complexity index is 339. The second kappa shape index (κ2) is 4.31. The maximum absolute atomic E-state index is 12.2. The first-order valence-corrected chi connectivity index (χ1v) is 4.71. The fourth-order valence-corrected chi connectivity index (χ4v) is 1.12. The number of aromatic nitrogens is 2. The predicted molar refractivity (Wildman–Crippen MR) is 51.2 cm³/mol. The number of halogens is 6. The molecule has 0 aliphatic heterocycles. The van der Waals surface area contributed by atoms with E-state index in [0.717, 1.165) is 6.07 Å². The molecule has 0 amide bonds. The summed E-state index contributed by atoms with van der Waals surface area (Å²) in [6, 6.07) is 0.909. The molecular weight excluding hydrogens is 280 g/mol. The molecule has 1 heterocycles. The van der Waals surface area contributed by atoms with Crippen molar-refractivity contribution in [3.63, 3.8) is 0 Å². The highest BCUT2D eigenvalue weighted by Crippen LogP contribution is 2.37. The highest BCUT2D eigenvalue weighted by molar-refractivity contribution is 6.66. The molecule has 0 saturated heterocycles. The van der Waals surface area contributed by atoms with Crippen LogP contribution in [0, 0.1) is 0 Å². The number of hydrogen-bond acceptors (Lipinski definition) is 2. The second-order valence-electron chi connectivity index (χ2n) is 2.24. The van der Waals surface area contributed by atoms with Crippen molar-refractivity contribution in [2.75, 3.05) is 0 Å². The van der Waals surface area contributed by atoms with Crippen molar-refractivity contribution >= 4 is 46.4 Å². The molecule has 14 heavy (non-hydrogen) atoms. The van der Waals surface area contributed by atoms with E-state index in [2.05, 4.69) is 9.97 Å². The van der Waals surface area contributed by atoms with E-state index in [0.29, 0.717) is 0 Å². The number of nitrogens with zero attached hydrogens (tertiary/aromatic N) is 2. The maximum atomic E-state index is 12.2. The van der Waals surface area contributed by atoms with E-state index < -0.39 is 15.9 Å². The van der Waals surface area contributed by atoms with E-state index in [1.54, 1.807) is 0 Å². The summed E-state index contributed by atoms with van der Waals surface area (Å²) in [5.41, 5.74) is -0.577. The molecule has 1 aromatic heterocycles. The van der Waals surface area contributed by atoms with Crippen LogP contribution in [0.3, 0.4) is 0 Å². The number of alkyl halides is 5. The van der Waals surface area contributed by atoms with Gasteiger partial charge in [-0.05, 0) is 0 Å². The molecule has 0 saturated carbocycles. The van der Waals surface area contributed by atoms with Gasteiger partial charge in [0.2, 0.25) is 3.79 Å². The molecule has 0 unspecified atom stereocenters. The second-order valence-corrected chi connectivity index (χ2v) is 4.91. The van der Waals surface area contributed by atoms with Gasteiger partial charge in [-0.1, -0.05) is 46.4 Å². The van der Waals surface area contributed by atoms with E-state index in [1.165, 1.54) is 0 Å². The monoisotopic (exact) mass is 280 g/mol. The average Bonchev–Trinajstić information content (AvgIpc) is 2.01. The molecule has 0 N–H and O–H groups in total. The van der Waals surface area contributed by atoms with Crippen molar-refractivity contribution in [3.05, 3.63) is 22.7 Å². The molecule has 0 bridgehead atoms. The summed E-state index contributed by atoms with van der Waals surface area (Å²) in [5, 5.41) is -0.198. The van der Waals surface area contributed by atoms with Crippen LogP contribution in [0.4, 0.5) is 8.78 Å². The molecule has 0 fully saturated rings. The van der Waals surface area contributed by atoms with E-state index >= 15 is 0 Å². The molecule has 0 atom stereocenters. The minimum Gasteiger partial charge on any atom is -0.227 e. The molecule has 8 heteroatoms. The van der Waals surface area contributed by atoms with Crippen molar-refractivity contribution in [2.24, 2.45) is 0 Å². The molecule has 0 aliphatic carbocycles. The lowest BCUT2D eigenvalue weighted by molar-refractivity contribution is 0.145. The zero-order chi connectivity index (χ0) is 10.9. The van der Waals surface area contributed by atoms with Crippen LogP contribution in [-0.4, -0.2) is 9.97 Å². The SMILES string of the molecule is FC(F)c1cc(Cl)nc(C(Cl)(Cl)Cl)n1. The van der Waals surface area contributed by atoms with Crippen LogP contribution in [0.5, 0.6) is 0 Å². The molecule has 0 radical (unpaired) electrons. The standard InChI is InChI=1S/C6H2Cl4F2N2/c7-3-1-2(4(11)12)13-5(14-3)6(8,9)10/h1,4H. The van der Waals surface area contributed by atoms with Crippen molar-refractivity contribution in [2.45, 2.75) is 10.2 Å². The topological polar surface area (TPSA) is 25.8 Å². The lowest BCUT2D eigenvalue weighted by atomic mass is 10.4. The van der Waals surface area contributed by atoms with Gasteiger partial charge in [-0.2, -0.15) is 0 Å². The molecule has 1 aromatic rings. The average molecular weight is 282 g/mol. The third-order valence-corrected chi connectivity index (χ3v) is 1.89. The molecule has 78 valence electrons. The van der Waals surface area contributed by atoms with Gasteiger partial charge in [-0.25, -0.2) is 18.7 Å². The molecule has 0 aromatic carbocycles. The van der Waals surface area contributed by atoms with Crippen LogP contribution in [0.1, 0.15) is 17.9 Å². The van der Waals surface area contributed by atoms with Crippen LogP contribution in [0.15, 0.2) is 6.07 Å². The first kappa shape index (κ1) is 12.2. The van der Waals surface area contributed by atoms with Crippen LogP contribution < -0.4 is 0 Å². The molecule has 1 rings (SSSR count). The Labute approximate surface area is 98.1 Å². The Balaban J connectivity index is 3.21. The highest BCUT2D eigenvalue weighted by atomic mass is 35.6. The highest BCUT2D eigenvalue weighted by Gasteiger charge is 2.28. The Morgan fingerprint density at radius 1 is 1.21 bits per heavy atom. The van der Waals surface area contributed by atoms with Gasteiger partial charge in [-0.3, -0.25) is 0 Å². The van der Waals surface area contributed by atoms with E-state index in [9.17, 15) is 8.78 Å². The van der Waals surface area contributed by atoms with Crippen LogP contribution in [0.2, 0.25) is 5.15 Å². The van der Waals surface area contributed by atoms with E-state index in [1.807, 2.05) is 0 Å². The van der Waals surface area contributed by atoms with Crippen LogP contribution in [-0.2, 0) is 3.79 Å². The number of rotatable bonds is 1. The summed E-state index contributed by atoms with van der Waals surface area (Å²) < 4.78 is 22.5. The van der Waals surface area contributed by atoms with Gasteiger partial charge in [0, 0.05) is 6.07 Å². The lowest BCUT2D eigenvalue weighted by Crippen LogP contribution is -2.09. The quantitative estimate of drug-likeness (QED) is 0.576. The van der Waals surface area contributed by atoms with Gasteiger partial charge >= 0.3 is 0 Å². The maximum Gasteiger partial charge on any atom is 0.280 e. The van der Waals surface area contributed by atoms with Crippen molar-refractivity contribution in [3.8, 4) is 0 Å². The summed E-state index contributed by atoms with van der Waals surface area (Å²) in [6.45, 7) is 0. The summed E-state index contributed by atoms with van der Waals surface area (Å²) in [5.74, 6) is -0.370. The first-order valence-electron chi connectivity index (χ1n) is 3.20. The summed E-state index contributed by atoms with van der Waals surface area (Å²) >= 11 is 21.7. The molecule has 2 nitrogen and oxygen atoms in total. The molecule has 0 spiro atoms. The predicted octanol–water partition coefficient (Wildman–Crippen LogP) is 3.89. The Morgan fingerprint density at radius 3 is 2.21 bits per heavy atom. The fraction of sp³-hybridized carbons (Fsp3) is 0.333. The summed E-state index contributed by atoms with van der Waals surface area (Å²) in [4.78, 5) is 6.88. The zero-order valence-electron chi connectivity index (χ0n) is 6.32. The normalized spacial score (nSPS) is 12.2. The first-order chi connectivity index (χ1) is 6.30. The largest absolute Gasteiger partial charge is 0.280 e. The van der Waals surface area contributed by atoms with Crippen LogP contribution in [0.25, 0.3) is 0 Å². The third kappa shape index (κ3) is 3.05. The Kier molecular flexibility index (Phi) is 3.75. The van der Waals surface area contributed by atoms with Gasteiger partial charge in [0.15, 0.2) is 5.82 Å². The van der Waals surface area contributed by atoms with Crippen molar-refractivity contribution in [1.29, 1.82) is 0 Å². The lowest BCUT2D eigenvalue weighted by Gasteiger charge is -2.10. The summed E-state index contributed by atoms with van der Waals surface area (Å²) in [7, 11) is 0. The summed E-state index contributed by atoms with van der Waals surface area (Å²) in [6.07, 6.45) is -2.79. The zero-order valence-corrected chi connectivity index (χ0v) is 9.34. The Morgan fingerprint density at radius 2 is 1.79 bits per heavy atom. The smallest absolute Gasteiger partial charge is 0.227 e. The van der Waals surface area contributed by atoms with Crippen LogP contribution >= 0.6 is 46.4 Å². The van der Waals surface area contributed by atoms with Gasteiger partial charge in [0.05, 0.1) is 0 Å². The minimum atomic E-state index is -2.79. The minimum absolute atomic E-state index is 0.198. The fourth-order valence-electron chi connectivity index (χ4n) is 0.674. The van der Waals surface area contributed by atoms with Gasteiger partial charge in [0.25, 0.3) is 6.43 Å². The molecular formula is C6H2Cl4F2N2. The van der Waals surface area contributed by atoms with Gasteiger partial charge in [-0.15, -0.1) is 0 Å². The van der Waals surface area contributed by atoms with Crippen molar-refractivity contribution < 1.29 is 8.78 Å². The van der Waals surface area contributed by atoms with E-state index in [4.69, 9.17) is 46.4 Å². The van der Waals surface area contributed by atoms with E-state index in [-0.39, 0.29) is 11.0 Å².